The number of sulfonamides is 1. The summed E-state index contributed by atoms with van der Waals surface area (Å²) in [6, 6.07) is 15.3. The van der Waals surface area contributed by atoms with Crippen LogP contribution in [-0.4, -0.2) is 46.0 Å². The number of primary sulfonamides is 1. The highest BCUT2D eigenvalue weighted by molar-refractivity contribution is 7.88. The molecular weight excluding hydrogens is 450 g/mol. The number of para-hydroxylation sites is 3. The molecule has 12 heteroatoms. The number of imidazole rings is 1. The Morgan fingerprint density at radius 1 is 1.03 bits per heavy atom. The average molecular weight is 480 g/mol. The zero-order valence-electron chi connectivity index (χ0n) is 19.1. The lowest BCUT2D eigenvalue weighted by atomic mass is 10.2. The molecule has 0 aliphatic carbocycles. The quantitative estimate of drug-likeness (QED) is 0.295. The predicted octanol–water partition coefficient (Wildman–Crippen LogP) is 1.84. The number of amides is 1. The Bertz CT molecular complexity index is 1350. The maximum absolute atomic E-state index is 12.1. The second-order valence-electron chi connectivity index (χ2n) is 6.19. The molecule has 0 bridgehead atoms. The van der Waals surface area contributed by atoms with Crippen LogP contribution in [0.1, 0.15) is 27.7 Å². The standard InChI is InChI=1S/C14H9N3O.C2H5NO.C2H4O2.C2H6.CH5NO2S/c18-14-16-10-6-2-1-5-9(10)13-15-11-7-3-4-8-12(11)17(13)14;2*1-2(3)4;1-2;1-5(2,3)4/h1-8H,(H,16,18);1H3,(H2,3,4);1H3,(H,3,4);1-2H3;1H3,(H2,2,3,4). The number of nitrogens with zero attached hydrogens (tertiary/aromatic N) is 2. The minimum atomic E-state index is -3.17. The van der Waals surface area contributed by atoms with Crippen molar-refractivity contribution in [2.75, 3.05) is 6.26 Å². The third-order valence-corrected chi connectivity index (χ3v) is 3.17. The number of fused-ring (bicyclic) bond motifs is 5. The lowest BCUT2D eigenvalue weighted by molar-refractivity contribution is -0.134. The van der Waals surface area contributed by atoms with Crippen molar-refractivity contribution in [3.8, 4) is 0 Å². The maximum Gasteiger partial charge on any atom is 0.332 e. The molecule has 11 nitrogen and oxygen atoms in total. The number of benzene rings is 2. The highest BCUT2D eigenvalue weighted by Crippen LogP contribution is 2.20. The number of nitrogens with one attached hydrogen (secondary N) is 1. The number of nitrogens with two attached hydrogens (primary N) is 2. The van der Waals surface area contributed by atoms with E-state index < -0.39 is 16.0 Å². The lowest BCUT2D eigenvalue weighted by Crippen LogP contribution is -2.15. The second kappa shape index (κ2) is 13.6. The fraction of sp³-hybridized carbons (Fsp3) is 0.238. The van der Waals surface area contributed by atoms with Crippen molar-refractivity contribution in [3.63, 3.8) is 0 Å². The van der Waals surface area contributed by atoms with Gasteiger partial charge >= 0.3 is 5.69 Å². The highest BCUT2D eigenvalue weighted by Gasteiger charge is 2.09. The third kappa shape index (κ3) is 10.9. The summed E-state index contributed by atoms with van der Waals surface area (Å²) >= 11 is 0. The molecule has 2 aromatic carbocycles. The van der Waals surface area contributed by atoms with Gasteiger partial charge < -0.3 is 15.8 Å². The summed E-state index contributed by atoms with van der Waals surface area (Å²) in [7, 11) is -3.17. The summed E-state index contributed by atoms with van der Waals surface area (Å²) in [5, 5.41) is 12.7. The van der Waals surface area contributed by atoms with Gasteiger partial charge in [0.25, 0.3) is 5.97 Å². The van der Waals surface area contributed by atoms with Crippen molar-refractivity contribution in [1.82, 2.24) is 14.4 Å². The monoisotopic (exact) mass is 479 g/mol. The molecule has 33 heavy (non-hydrogen) atoms. The van der Waals surface area contributed by atoms with Crippen molar-refractivity contribution >= 4 is 49.5 Å². The Labute approximate surface area is 191 Å². The largest absolute Gasteiger partial charge is 0.481 e. The summed E-state index contributed by atoms with van der Waals surface area (Å²) in [5.74, 6) is -1.17. The number of aromatic nitrogens is 3. The van der Waals surface area contributed by atoms with Crippen molar-refractivity contribution in [2.45, 2.75) is 27.7 Å². The predicted molar refractivity (Wildman–Crippen MR) is 129 cm³/mol. The lowest BCUT2D eigenvalue weighted by Gasteiger charge is -1.99. The van der Waals surface area contributed by atoms with Gasteiger partial charge in [-0.2, -0.15) is 0 Å². The first-order valence-corrected chi connectivity index (χ1v) is 11.6. The van der Waals surface area contributed by atoms with Crippen LogP contribution in [0.3, 0.4) is 0 Å². The van der Waals surface area contributed by atoms with E-state index in [1.807, 2.05) is 62.4 Å². The Hall–Kier alpha value is -3.77. The molecule has 2 aromatic heterocycles. The normalized spacial score (nSPS) is 9.76. The molecule has 6 N–H and O–H groups in total. The van der Waals surface area contributed by atoms with Crippen molar-refractivity contribution in [3.05, 3.63) is 59.0 Å². The van der Waals surface area contributed by atoms with E-state index in [0.717, 1.165) is 35.1 Å². The van der Waals surface area contributed by atoms with E-state index >= 15 is 0 Å². The van der Waals surface area contributed by atoms with Gasteiger partial charge in [0.05, 0.1) is 22.8 Å². The molecule has 180 valence electrons. The number of hydrogen-bond acceptors (Lipinski definition) is 6. The first kappa shape index (κ1) is 29.2. The molecule has 4 rings (SSSR count). The summed E-state index contributed by atoms with van der Waals surface area (Å²) < 4.78 is 20.4. The maximum atomic E-state index is 12.1. The number of carboxylic acid groups (broad SMARTS) is 1. The van der Waals surface area contributed by atoms with Gasteiger partial charge in [-0.05, 0) is 24.3 Å². The molecule has 0 aliphatic heterocycles. The fourth-order valence-electron chi connectivity index (χ4n) is 2.37. The number of primary amides is 1. The zero-order valence-corrected chi connectivity index (χ0v) is 19.9. The fourth-order valence-corrected chi connectivity index (χ4v) is 2.37. The van der Waals surface area contributed by atoms with E-state index in [0.29, 0.717) is 5.65 Å². The van der Waals surface area contributed by atoms with Crippen LogP contribution in [0.4, 0.5) is 0 Å². The van der Waals surface area contributed by atoms with Crippen LogP contribution < -0.4 is 16.6 Å². The van der Waals surface area contributed by atoms with Gasteiger partial charge in [0.15, 0.2) is 5.65 Å². The molecule has 1 amide bonds. The topological polar surface area (TPSA) is 191 Å². The highest BCUT2D eigenvalue weighted by atomic mass is 32.2. The van der Waals surface area contributed by atoms with Crippen LogP contribution in [0, 0.1) is 0 Å². The molecule has 0 spiro atoms. The summed E-state index contributed by atoms with van der Waals surface area (Å²) in [6.45, 7) is 6.39. The molecule has 0 atom stereocenters. The zero-order chi connectivity index (χ0) is 25.8. The van der Waals surface area contributed by atoms with Crippen LogP contribution in [0.2, 0.25) is 0 Å². The number of carbonyl (C=O) groups excluding carboxylic acids is 1. The SMILES string of the molecule is CC.CC(=O)O.CC(N)=O.CS(N)(=O)=O.O=c1[nH]c2ccccc2c2nc3ccccc3n12. The van der Waals surface area contributed by atoms with E-state index in [1.54, 1.807) is 4.40 Å². The Balaban J connectivity index is 0.000000570. The first-order valence-electron chi connectivity index (χ1n) is 9.62. The van der Waals surface area contributed by atoms with Crippen LogP contribution in [0.5, 0.6) is 0 Å². The molecular formula is C21H29N5O6S. The van der Waals surface area contributed by atoms with Crippen molar-refractivity contribution in [2.24, 2.45) is 10.9 Å². The average Bonchev–Trinajstić information content (AvgIpc) is 3.08. The van der Waals surface area contributed by atoms with Gasteiger partial charge in [0.1, 0.15) is 0 Å². The van der Waals surface area contributed by atoms with E-state index in [-0.39, 0.29) is 11.6 Å². The number of carbonyl (C=O) groups is 2. The third-order valence-electron chi connectivity index (χ3n) is 3.17. The smallest absolute Gasteiger partial charge is 0.332 e. The van der Waals surface area contributed by atoms with Gasteiger partial charge in [-0.15, -0.1) is 0 Å². The van der Waals surface area contributed by atoms with Crippen LogP contribution in [-0.2, 0) is 19.6 Å². The van der Waals surface area contributed by atoms with Gasteiger partial charge in [-0.1, -0.05) is 38.1 Å². The van der Waals surface area contributed by atoms with Gasteiger partial charge in [-0.25, -0.2) is 27.7 Å². The van der Waals surface area contributed by atoms with Crippen molar-refractivity contribution in [1.29, 1.82) is 0 Å². The number of aromatic amines is 1. The number of rotatable bonds is 0. The Kier molecular flexibility index (Phi) is 12.0. The Morgan fingerprint density at radius 2 is 1.45 bits per heavy atom. The molecule has 4 aromatic rings. The minimum Gasteiger partial charge on any atom is -0.481 e. The van der Waals surface area contributed by atoms with E-state index in [2.05, 4.69) is 20.8 Å². The van der Waals surface area contributed by atoms with Crippen LogP contribution in [0.15, 0.2) is 53.3 Å². The van der Waals surface area contributed by atoms with Gasteiger partial charge in [-0.3, -0.25) is 9.59 Å². The van der Waals surface area contributed by atoms with Crippen LogP contribution in [0.25, 0.3) is 27.6 Å². The Morgan fingerprint density at radius 3 is 1.97 bits per heavy atom. The number of carboxylic acids is 1. The molecule has 0 aliphatic rings. The summed E-state index contributed by atoms with van der Waals surface area (Å²) in [5.41, 5.74) is 7.50. The van der Waals surface area contributed by atoms with Crippen LogP contribution >= 0.6 is 0 Å². The van der Waals surface area contributed by atoms with E-state index in [9.17, 15) is 18.0 Å². The van der Waals surface area contributed by atoms with Gasteiger partial charge in [0, 0.05) is 19.2 Å². The second-order valence-corrected chi connectivity index (χ2v) is 7.85. The summed E-state index contributed by atoms with van der Waals surface area (Å²) in [6.07, 6.45) is 0.938. The summed E-state index contributed by atoms with van der Waals surface area (Å²) in [4.78, 5) is 37.8. The molecule has 0 saturated heterocycles. The molecule has 0 saturated carbocycles. The minimum absolute atomic E-state index is 0.155. The van der Waals surface area contributed by atoms with E-state index in [1.165, 1.54) is 6.92 Å². The number of aliphatic carboxylic acids is 1. The molecule has 0 radical (unpaired) electrons. The number of H-pyrrole nitrogens is 1. The van der Waals surface area contributed by atoms with E-state index in [4.69, 9.17) is 9.90 Å². The number of hydrogen-bond donors (Lipinski definition) is 4. The molecule has 2 heterocycles. The van der Waals surface area contributed by atoms with Crippen molar-refractivity contribution < 1.29 is 23.1 Å². The molecule has 0 fully saturated rings. The molecule has 0 unspecified atom stereocenters. The van der Waals surface area contributed by atoms with Gasteiger partial charge in [0.2, 0.25) is 15.9 Å². The first-order chi connectivity index (χ1) is 15.3.